The van der Waals surface area contributed by atoms with E-state index in [0.29, 0.717) is 32.5 Å². The Kier molecular flexibility index (Phi) is 5.81. The molecule has 2 heterocycles. The summed E-state index contributed by atoms with van der Waals surface area (Å²) in [4.78, 5) is 37.9. The van der Waals surface area contributed by atoms with Crippen LogP contribution in [0.1, 0.15) is 31.2 Å². The molecule has 6 heteroatoms. The van der Waals surface area contributed by atoms with Crippen LogP contribution in [0.5, 0.6) is 0 Å². The van der Waals surface area contributed by atoms with E-state index in [1.807, 2.05) is 30.3 Å². The van der Waals surface area contributed by atoms with E-state index in [9.17, 15) is 14.4 Å². The molecule has 0 unspecified atom stereocenters. The Bertz CT molecular complexity index is 608. The summed E-state index contributed by atoms with van der Waals surface area (Å²) in [5.74, 6) is -0.758. The Morgan fingerprint density at radius 2 is 1.72 bits per heavy atom. The van der Waals surface area contributed by atoms with Crippen molar-refractivity contribution < 1.29 is 19.1 Å². The number of hydrogen-bond donors (Lipinski definition) is 1. The number of benzene rings is 1. The van der Waals surface area contributed by atoms with Crippen molar-refractivity contribution in [3.63, 3.8) is 0 Å². The number of carbonyl (C=O) groups is 3. The number of hydrogen-bond acceptors (Lipinski definition) is 4. The Morgan fingerprint density at radius 1 is 1.08 bits per heavy atom. The van der Waals surface area contributed by atoms with Gasteiger partial charge in [0.25, 0.3) is 0 Å². The Hall–Kier alpha value is -2.21. The molecule has 0 radical (unpaired) electrons. The van der Waals surface area contributed by atoms with Gasteiger partial charge in [-0.05, 0) is 30.7 Å². The fourth-order valence-electron chi connectivity index (χ4n) is 3.45. The van der Waals surface area contributed by atoms with Crippen LogP contribution in [-0.2, 0) is 25.5 Å². The third kappa shape index (κ3) is 4.89. The van der Waals surface area contributed by atoms with Crippen molar-refractivity contribution in [1.29, 1.82) is 0 Å². The van der Waals surface area contributed by atoms with Crippen LogP contribution < -0.4 is 5.32 Å². The molecule has 2 aliphatic rings. The van der Waals surface area contributed by atoms with Crippen LogP contribution >= 0.6 is 0 Å². The van der Waals surface area contributed by atoms with Crippen molar-refractivity contribution in [3.8, 4) is 0 Å². The molecule has 0 aliphatic carbocycles. The highest BCUT2D eigenvalue weighted by atomic mass is 16.5. The number of amides is 3. The molecule has 2 saturated heterocycles. The lowest BCUT2D eigenvalue weighted by atomic mass is 9.89. The van der Waals surface area contributed by atoms with Crippen molar-refractivity contribution in [3.05, 3.63) is 35.9 Å². The first kappa shape index (κ1) is 17.6. The van der Waals surface area contributed by atoms with Gasteiger partial charge in [0.1, 0.15) is 6.54 Å². The summed E-state index contributed by atoms with van der Waals surface area (Å²) in [5, 5.41) is 2.89. The van der Waals surface area contributed by atoms with Gasteiger partial charge in [0, 0.05) is 32.1 Å². The van der Waals surface area contributed by atoms with Gasteiger partial charge in [-0.15, -0.1) is 0 Å². The number of ether oxygens (including phenoxy) is 1. The second-order valence-electron chi connectivity index (χ2n) is 6.79. The normalized spacial score (nSPS) is 19.9. The lowest BCUT2D eigenvalue weighted by Crippen LogP contribution is -2.50. The average molecular weight is 344 g/mol. The molecule has 0 atom stereocenters. The highest BCUT2D eigenvalue weighted by molar-refractivity contribution is 6.01. The summed E-state index contributed by atoms with van der Waals surface area (Å²) >= 11 is 0. The summed E-state index contributed by atoms with van der Waals surface area (Å²) in [5.41, 5.74) is 1.12. The summed E-state index contributed by atoms with van der Waals surface area (Å²) < 4.78 is 5.26. The smallest absolute Gasteiger partial charge is 0.240 e. The van der Waals surface area contributed by atoms with Gasteiger partial charge in [-0.2, -0.15) is 0 Å². The fourth-order valence-corrected chi connectivity index (χ4v) is 3.45. The van der Waals surface area contributed by atoms with Gasteiger partial charge < -0.3 is 10.1 Å². The van der Waals surface area contributed by atoms with Gasteiger partial charge >= 0.3 is 0 Å². The Morgan fingerprint density at radius 3 is 2.36 bits per heavy atom. The van der Waals surface area contributed by atoms with Crippen molar-refractivity contribution in [2.24, 2.45) is 5.92 Å². The number of piperidine rings is 1. The van der Waals surface area contributed by atoms with Gasteiger partial charge in [0.2, 0.25) is 17.7 Å². The minimum absolute atomic E-state index is 0.0113. The van der Waals surface area contributed by atoms with Gasteiger partial charge in [-0.1, -0.05) is 30.3 Å². The molecule has 0 saturated carbocycles. The molecule has 134 valence electrons. The molecule has 0 spiro atoms. The molecule has 3 amide bonds. The lowest BCUT2D eigenvalue weighted by Gasteiger charge is -2.30. The molecule has 25 heavy (non-hydrogen) atoms. The van der Waals surface area contributed by atoms with Crippen LogP contribution in [0.2, 0.25) is 0 Å². The summed E-state index contributed by atoms with van der Waals surface area (Å²) in [6, 6.07) is 9.93. The predicted molar refractivity (Wildman–Crippen MR) is 91.6 cm³/mol. The average Bonchev–Trinajstić information content (AvgIpc) is 2.60. The third-order valence-corrected chi connectivity index (χ3v) is 4.78. The zero-order valence-electron chi connectivity index (χ0n) is 14.3. The highest BCUT2D eigenvalue weighted by Crippen LogP contribution is 2.23. The SMILES string of the molecule is O=C(CN1C(=O)CC(Cc2ccccc2)CC1=O)NC1CCOCC1. The quantitative estimate of drug-likeness (QED) is 0.817. The van der Waals surface area contributed by atoms with Crippen molar-refractivity contribution >= 4 is 17.7 Å². The summed E-state index contributed by atoms with van der Waals surface area (Å²) in [7, 11) is 0. The molecule has 1 aromatic rings. The van der Waals surface area contributed by atoms with Gasteiger partial charge in [-0.3, -0.25) is 19.3 Å². The number of rotatable bonds is 5. The zero-order chi connectivity index (χ0) is 17.6. The predicted octanol–water partition coefficient (Wildman–Crippen LogP) is 1.29. The van der Waals surface area contributed by atoms with Crippen LogP contribution in [-0.4, -0.2) is 48.4 Å². The van der Waals surface area contributed by atoms with E-state index in [1.54, 1.807) is 0 Å². The van der Waals surface area contributed by atoms with E-state index < -0.39 is 0 Å². The zero-order valence-corrected chi connectivity index (χ0v) is 14.3. The molecule has 6 nitrogen and oxygen atoms in total. The number of nitrogens with one attached hydrogen (secondary N) is 1. The van der Waals surface area contributed by atoms with E-state index >= 15 is 0 Å². The molecule has 1 N–H and O–H groups in total. The maximum absolute atomic E-state index is 12.3. The fraction of sp³-hybridized carbons (Fsp3) is 0.526. The standard InChI is InChI=1S/C19H24N2O4/c22-17(20-16-6-8-25-9-7-16)13-21-18(23)11-15(12-19(21)24)10-14-4-2-1-3-5-14/h1-5,15-16H,6-13H2,(H,20,22). The van der Waals surface area contributed by atoms with Crippen molar-refractivity contribution in [2.75, 3.05) is 19.8 Å². The topological polar surface area (TPSA) is 75.7 Å². The van der Waals surface area contributed by atoms with Gasteiger partial charge in [0.15, 0.2) is 0 Å². The van der Waals surface area contributed by atoms with E-state index in [0.717, 1.165) is 23.3 Å². The van der Waals surface area contributed by atoms with E-state index in [1.165, 1.54) is 0 Å². The number of imide groups is 1. The largest absolute Gasteiger partial charge is 0.381 e. The van der Waals surface area contributed by atoms with Crippen LogP contribution in [0, 0.1) is 5.92 Å². The second-order valence-corrected chi connectivity index (χ2v) is 6.79. The number of likely N-dealkylation sites (tertiary alicyclic amines) is 1. The van der Waals surface area contributed by atoms with E-state index in [2.05, 4.69) is 5.32 Å². The van der Waals surface area contributed by atoms with Crippen molar-refractivity contribution in [2.45, 2.75) is 38.1 Å². The number of nitrogens with zero attached hydrogens (tertiary/aromatic N) is 1. The first-order chi connectivity index (χ1) is 12.1. The summed E-state index contributed by atoms with van der Waals surface area (Å²) in [6.45, 7) is 1.09. The van der Waals surface area contributed by atoms with Crippen LogP contribution in [0.4, 0.5) is 0 Å². The molecule has 2 fully saturated rings. The second kappa shape index (κ2) is 8.25. The maximum atomic E-state index is 12.3. The number of carbonyl (C=O) groups excluding carboxylic acids is 3. The Balaban J connectivity index is 1.51. The first-order valence-electron chi connectivity index (χ1n) is 8.86. The maximum Gasteiger partial charge on any atom is 0.240 e. The van der Waals surface area contributed by atoms with Crippen molar-refractivity contribution in [1.82, 2.24) is 10.2 Å². The monoisotopic (exact) mass is 344 g/mol. The molecule has 0 aromatic heterocycles. The molecule has 3 rings (SSSR count). The van der Waals surface area contributed by atoms with Crippen LogP contribution in [0.25, 0.3) is 0 Å². The minimum Gasteiger partial charge on any atom is -0.381 e. The first-order valence-corrected chi connectivity index (χ1v) is 8.86. The lowest BCUT2D eigenvalue weighted by molar-refractivity contribution is -0.152. The highest BCUT2D eigenvalue weighted by Gasteiger charge is 2.34. The molecular weight excluding hydrogens is 320 g/mol. The van der Waals surface area contributed by atoms with Crippen LogP contribution in [0.3, 0.4) is 0 Å². The minimum atomic E-state index is -0.268. The van der Waals surface area contributed by atoms with Gasteiger partial charge in [-0.25, -0.2) is 0 Å². The van der Waals surface area contributed by atoms with E-state index in [-0.39, 0.29) is 36.2 Å². The molecule has 0 bridgehead atoms. The van der Waals surface area contributed by atoms with Gasteiger partial charge in [0.05, 0.1) is 0 Å². The molecular formula is C19H24N2O4. The molecule has 1 aromatic carbocycles. The summed E-state index contributed by atoms with van der Waals surface area (Å²) in [6.07, 6.45) is 2.87. The Labute approximate surface area is 147 Å². The van der Waals surface area contributed by atoms with E-state index in [4.69, 9.17) is 4.74 Å². The van der Waals surface area contributed by atoms with Crippen LogP contribution in [0.15, 0.2) is 30.3 Å². The third-order valence-electron chi connectivity index (χ3n) is 4.78. The molecule has 2 aliphatic heterocycles.